The Labute approximate surface area is 93.9 Å². The van der Waals surface area contributed by atoms with Gasteiger partial charge in [-0.1, -0.05) is 0 Å². The van der Waals surface area contributed by atoms with Crippen LogP contribution in [-0.2, 0) is 4.79 Å². The molecule has 2 fully saturated rings. The fourth-order valence-corrected chi connectivity index (χ4v) is 2.71. The highest BCUT2D eigenvalue weighted by Gasteiger charge is 2.48. The molecule has 92 valence electrons. The van der Waals surface area contributed by atoms with E-state index >= 15 is 0 Å². The first-order valence-electron chi connectivity index (χ1n) is 5.56. The molecule has 0 spiro atoms. The van der Waals surface area contributed by atoms with E-state index in [1.165, 1.54) is 6.92 Å². The highest BCUT2D eigenvalue weighted by molar-refractivity contribution is 5.73. The first-order valence-corrected chi connectivity index (χ1v) is 5.56. The molecular formula is C10H18N2O4. The molecule has 2 saturated heterocycles. The van der Waals surface area contributed by atoms with Crippen LogP contribution in [0.25, 0.3) is 0 Å². The second kappa shape index (κ2) is 4.29. The summed E-state index contributed by atoms with van der Waals surface area (Å²) in [5, 5.41) is 32.0. The summed E-state index contributed by atoms with van der Waals surface area (Å²) in [6.07, 6.45) is -2.02. The summed E-state index contributed by atoms with van der Waals surface area (Å²) in [6.45, 7) is 2.54. The Hall–Kier alpha value is -0.690. The number of aliphatic hydroxyl groups excluding tert-OH is 3. The van der Waals surface area contributed by atoms with Crippen LogP contribution in [0.2, 0.25) is 0 Å². The van der Waals surface area contributed by atoms with Gasteiger partial charge in [0, 0.05) is 20.0 Å². The van der Waals surface area contributed by atoms with Crippen LogP contribution in [0.1, 0.15) is 13.3 Å². The largest absolute Gasteiger partial charge is 0.391 e. The summed E-state index contributed by atoms with van der Waals surface area (Å²) < 4.78 is 0. The Morgan fingerprint density at radius 1 is 1.31 bits per heavy atom. The van der Waals surface area contributed by atoms with Crippen molar-refractivity contribution >= 4 is 5.91 Å². The van der Waals surface area contributed by atoms with Gasteiger partial charge >= 0.3 is 0 Å². The summed E-state index contributed by atoms with van der Waals surface area (Å²) in [4.78, 5) is 12.9. The number of carbonyl (C=O) groups is 1. The number of nitrogens with zero attached hydrogens (tertiary/aromatic N) is 1. The van der Waals surface area contributed by atoms with Crippen LogP contribution in [0.5, 0.6) is 0 Å². The third-order valence-electron chi connectivity index (χ3n) is 3.46. The molecule has 0 radical (unpaired) electrons. The van der Waals surface area contributed by atoms with E-state index in [2.05, 4.69) is 5.32 Å². The van der Waals surface area contributed by atoms with Gasteiger partial charge in [-0.3, -0.25) is 9.69 Å². The lowest BCUT2D eigenvalue weighted by Crippen LogP contribution is -2.65. The fraction of sp³-hybridized carbons (Fsp3) is 0.900. The van der Waals surface area contributed by atoms with Gasteiger partial charge in [0.1, 0.15) is 6.10 Å². The first-order chi connectivity index (χ1) is 7.50. The summed E-state index contributed by atoms with van der Waals surface area (Å²) in [5.41, 5.74) is 0. The van der Waals surface area contributed by atoms with Gasteiger partial charge in [-0.2, -0.15) is 0 Å². The number of rotatable bonds is 1. The van der Waals surface area contributed by atoms with Crippen LogP contribution in [-0.4, -0.2) is 69.6 Å². The van der Waals surface area contributed by atoms with E-state index < -0.39 is 30.4 Å². The molecule has 0 aromatic rings. The zero-order chi connectivity index (χ0) is 11.9. The van der Waals surface area contributed by atoms with E-state index in [4.69, 9.17) is 0 Å². The highest BCUT2D eigenvalue weighted by atomic mass is 16.3. The van der Waals surface area contributed by atoms with Crippen molar-refractivity contribution in [2.75, 3.05) is 13.1 Å². The molecule has 2 rings (SSSR count). The Kier molecular flexibility index (Phi) is 3.16. The Morgan fingerprint density at radius 3 is 2.62 bits per heavy atom. The monoisotopic (exact) mass is 230 g/mol. The molecular weight excluding hydrogens is 212 g/mol. The minimum absolute atomic E-state index is 0.227. The average Bonchev–Trinajstić information content (AvgIpc) is 2.55. The van der Waals surface area contributed by atoms with Crippen LogP contribution in [0.3, 0.4) is 0 Å². The molecule has 0 saturated carbocycles. The summed E-state index contributed by atoms with van der Waals surface area (Å²) >= 11 is 0. The van der Waals surface area contributed by atoms with Crippen LogP contribution in [0.15, 0.2) is 0 Å². The molecule has 4 N–H and O–H groups in total. The zero-order valence-electron chi connectivity index (χ0n) is 9.21. The number of carbonyl (C=O) groups excluding carboxylic acids is 1. The molecule has 2 aliphatic rings. The minimum atomic E-state index is -1.02. The van der Waals surface area contributed by atoms with E-state index in [1.54, 1.807) is 0 Å². The van der Waals surface area contributed by atoms with Gasteiger partial charge < -0.3 is 20.6 Å². The summed E-state index contributed by atoms with van der Waals surface area (Å²) in [5.74, 6) is -0.227. The number of amides is 1. The first kappa shape index (κ1) is 11.8. The fourth-order valence-electron chi connectivity index (χ4n) is 2.71. The van der Waals surface area contributed by atoms with E-state index in [9.17, 15) is 20.1 Å². The van der Waals surface area contributed by atoms with Crippen molar-refractivity contribution in [2.24, 2.45) is 0 Å². The maximum absolute atomic E-state index is 10.9. The SMILES string of the molecule is CC(=O)NC1CN2CC[C@H](O)C2[C@@H](O)[C@@H]1O. The number of hydrogen-bond donors (Lipinski definition) is 4. The molecule has 2 aliphatic heterocycles. The Balaban J connectivity index is 2.09. The standard InChI is InChI=1S/C10H18N2O4/c1-5(13)11-6-4-12-3-2-7(14)8(12)10(16)9(6)15/h6-10,14-16H,2-4H2,1H3,(H,11,13)/t6?,7-,8?,9+,10+/m0/s1. The molecule has 0 bridgehead atoms. The number of fused-ring (bicyclic) bond motifs is 1. The van der Waals surface area contributed by atoms with Crippen molar-refractivity contribution in [3.8, 4) is 0 Å². The maximum Gasteiger partial charge on any atom is 0.217 e. The second-order valence-corrected chi connectivity index (χ2v) is 4.63. The van der Waals surface area contributed by atoms with Crippen LogP contribution < -0.4 is 5.32 Å². The normalized spacial score (nSPS) is 44.1. The zero-order valence-corrected chi connectivity index (χ0v) is 9.21. The molecule has 0 aromatic heterocycles. The third-order valence-corrected chi connectivity index (χ3v) is 3.46. The Morgan fingerprint density at radius 2 is 2.00 bits per heavy atom. The number of hydrogen-bond acceptors (Lipinski definition) is 5. The van der Waals surface area contributed by atoms with Gasteiger partial charge in [0.05, 0.1) is 24.3 Å². The minimum Gasteiger partial charge on any atom is -0.391 e. The lowest BCUT2D eigenvalue weighted by atomic mass is 9.91. The maximum atomic E-state index is 10.9. The van der Waals surface area contributed by atoms with Crippen molar-refractivity contribution in [2.45, 2.75) is 43.7 Å². The predicted octanol–water partition coefficient (Wildman–Crippen LogP) is -2.34. The van der Waals surface area contributed by atoms with E-state index in [-0.39, 0.29) is 5.91 Å². The van der Waals surface area contributed by atoms with Crippen LogP contribution >= 0.6 is 0 Å². The lowest BCUT2D eigenvalue weighted by Gasteiger charge is -2.42. The van der Waals surface area contributed by atoms with E-state index in [0.717, 1.165) is 0 Å². The van der Waals surface area contributed by atoms with Crippen LogP contribution in [0.4, 0.5) is 0 Å². The molecule has 2 unspecified atom stereocenters. The summed E-state index contributed by atoms with van der Waals surface area (Å²) in [6, 6.07) is -0.867. The molecule has 6 heteroatoms. The third kappa shape index (κ3) is 1.93. The molecule has 1 amide bonds. The van der Waals surface area contributed by atoms with Crippen molar-refractivity contribution in [1.29, 1.82) is 0 Å². The molecule has 5 atom stereocenters. The van der Waals surface area contributed by atoms with Gasteiger partial charge in [0.25, 0.3) is 0 Å². The van der Waals surface area contributed by atoms with Gasteiger partial charge in [0.2, 0.25) is 5.91 Å². The van der Waals surface area contributed by atoms with Crippen molar-refractivity contribution in [3.05, 3.63) is 0 Å². The predicted molar refractivity (Wildman–Crippen MR) is 55.6 cm³/mol. The summed E-state index contributed by atoms with van der Waals surface area (Å²) in [7, 11) is 0. The number of piperidine rings is 1. The van der Waals surface area contributed by atoms with Crippen molar-refractivity contribution in [3.63, 3.8) is 0 Å². The number of aliphatic hydroxyl groups is 3. The van der Waals surface area contributed by atoms with Gasteiger partial charge in [-0.15, -0.1) is 0 Å². The molecule has 16 heavy (non-hydrogen) atoms. The van der Waals surface area contributed by atoms with Gasteiger partial charge in [-0.05, 0) is 6.42 Å². The quantitative estimate of drug-likeness (QED) is 0.405. The Bertz CT molecular complexity index is 286. The van der Waals surface area contributed by atoms with Gasteiger partial charge in [0.15, 0.2) is 0 Å². The highest BCUT2D eigenvalue weighted by Crippen LogP contribution is 2.28. The number of nitrogens with one attached hydrogen (secondary N) is 1. The van der Waals surface area contributed by atoms with E-state index in [1.807, 2.05) is 4.90 Å². The van der Waals surface area contributed by atoms with Crippen molar-refractivity contribution in [1.82, 2.24) is 10.2 Å². The average molecular weight is 230 g/mol. The topological polar surface area (TPSA) is 93.0 Å². The van der Waals surface area contributed by atoms with Crippen LogP contribution in [0, 0.1) is 0 Å². The second-order valence-electron chi connectivity index (χ2n) is 4.63. The van der Waals surface area contributed by atoms with E-state index in [0.29, 0.717) is 19.5 Å². The molecule has 0 aliphatic carbocycles. The lowest BCUT2D eigenvalue weighted by molar-refractivity contribution is -0.127. The molecule has 6 nitrogen and oxygen atoms in total. The van der Waals surface area contributed by atoms with Gasteiger partial charge in [-0.25, -0.2) is 0 Å². The van der Waals surface area contributed by atoms with Crippen molar-refractivity contribution < 1.29 is 20.1 Å². The molecule has 0 aromatic carbocycles. The smallest absolute Gasteiger partial charge is 0.217 e. The molecule has 2 heterocycles.